The molecule has 0 atom stereocenters. The Labute approximate surface area is 127 Å². The highest BCUT2D eigenvalue weighted by Crippen LogP contribution is 2.21. The second-order valence-electron chi connectivity index (χ2n) is 4.61. The Morgan fingerprint density at radius 3 is 2.70 bits per heavy atom. The number of nitrogens with two attached hydrogens (primary N) is 1. The number of nitrogens with one attached hydrogen (secondary N) is 1. The molecule has 2 rings (SSSR count). The third kappa shape index (κ3) is 3.46. The quantitative estimate of drug-likeness (QED) is 0.900. The van der Waals surface area contributed by atoms with Gasteiger partial charge in [-0.05, 0) is 49.2 Å². The first kappa shape index (κ1) is 14.8. The summed E-state index contributed by atoms with van der Waals surface area (Å²) in [7, 11) is 0. The van der Waals surface area contributed by atoms with Crippen molar-refractivity contribution in [3.05, 3.63) is 63.6 Å². The molecule has 4 heteroatoms. The Kier molecular flexibility index (Phi) is 4.93. The van der Waals surface area contributed by atoms with Crippen LogP contribution in [0.2, 0.25) is 0 Å². The molecular formula is C16H17BrN2O. The summed E-state index contributed by atoms with van der Waals surface area (Å²) in [5, 5.41) is 2.92. The van der Waals surface area contributed by atoms with Gasteiger partial charge in [-0.2, -0.15) is 0 Å². The summed E-state index contributed by atoms with van der Waals surface area (Å²) >= 11 is 3.46. The lowest BCUT2D eigenvalue weighted by Crippen LogP contribution is -2.15. The van der Waals surface area contributed by atoms with E-state index in [1.54, 1.807) is 0 Å². The number of amides is 1. The van der Waals surface area contributed by atoms with Crippen LogP contribution in [0.25, 0.3) is 0 Å². The zero-order valence-corrected chi connectivity index (χ0v) is 12.9. The fourth-order valence-electron chi connectivity index (χ4n) is 1.98. The van der Waals surface area contributed by atoms with Crippen LogP contribution >= 0.6 is 15.9 Å². The molecule has 0 heterocycles. The van der Waals surface area contributed by atoms with Gasteiger partial charge in [0.1, 0.15) is 0 Å². The van der Waals surface area contributed by atoms with Crippen molar-refractivity contribution in [1.29, 1.82) is 0 Å². The van der Waals surface area contributed by atoms with Gasteiger partial charge in [0.2, 0.25) is 0 Å². The van der Waals surface area contributed by atoms with E-state index in [-0.39, 0.29) is 5.91 Å². The van der Waals surface area contributed by atoms with E-state index in [2.05, 4.69) is 21.2 Å². The molecule has 0 saturated heterocycles. The van der Waals surface area contributed by atoms with Gasteiger partial charge in [-0.1, -0.05) is 40.2 Å². The molecule has 0 fully saturated rings. The smallest absolute Gasteiger partial charge is 0.255 e. The average Bonchev–Trinajstić information content (AvgIpc) is 2.44. The summed E-state index contributed by atoms with van der Waals surface area (Å²) in [5.74, 6) is -0.107. The zero-order valence-electron chi connectivity index (χ0n) is 11.3. The average molecular weight is 333 g/mol. The molecule has 2 aromatic carbocycles. The monoisotopic (exact) mass is 332 g/mol. The maximum atomic E-state index is 12.3. The van der Waals surface area contributed by atoms with E-state index in [1.807, 2.05) is 49.4 Å². The first-order chi connectivity index (χ1) is 9.61. The van der Waals surface area contributed by atoms with Gasteiger partial charge in [-0.3, -0.25) is 4.79 Å². The van der Waals surface area contributed by atoms with Gasteiger partial charge in [0.15, 0.2) is 0 Å². The van der Waals surface area contributed by atoms with Crippen molar-refractivity contribution >= 4 is 27.5 Å². The number of benzene rings is 2. The number of hydrogen-bond donors (Lipinski definition) is 2. The molecule has 104 valence electrons. The number of carbonyl (C=O) groups excluding carboxylic acids is 1. The van der Waals surface area contributed by atoms with E-state index >= 15 is 0 Å². The summed E-state index contributed by atoms with van der Waals surface area (Å²) in [4.78, 5) is 12.3. The van der Waals surface area contributed by atoms with Crippen LogP contribution in [0.1, 0.15) is 21.5 Å². The van der Waals surface area contributed by atoms with Crippen molar-refractivity contribution in [3.63, 3.8) is 0 Å². The first-order valence-corrected chi connectivity index (χ1v) is 7.26. The second kappa shape index (κ2) is 6.68. The van der Waals surface area contributed by atoms with Crippen LogP contribution in [-0.2, 0) is 6.42 Å². The van der Waals surface area contributed by atoms with E-state index < -0.39 is 0 Å². The molecule has 3 N–H and O–H groups in total. The SMILES string of the molecule is Cc1ccc(NC(=O)c2ccccc2CCN)cc1Br. The number of rotatable bonds is 4. The Hall–Kier alpha value is -1.65. The van der Waals surface area contributed by atoms with E-state index in [4.69, 9.17) is 5.73 Å². The molecule has 0 aliphatic rings. The largest absolute Gasteiger partial charge is 0.330 e. The summed E-state index contributed by atoms with van der Waals surface area (Å²) in [6.45, 7) is 2.53. The van der Waals surface area contributed by atoms with Crippen molar-refractivity contribution in [3.8, 4) is 0 Å². The third-order valence-corrected chi connectivity index (χ3v) is 3.96. The minimum Gasteiger partial charge on any atom is -0.330 e. The molecule has 0 unspecified atom stereocenters. The van der Waals surface area contributed by atoms with E-state index in [9.17, 15) is 4.79 Å². The predicted molar refractivity (Wildman–Crippen MR) is 86.0 cm³/mol. The zero-order chi connectivity index (χ0) is 14.5. The fraction of sp³-hybridized carbons (Fsp3) is 0.188. The van der Waals surface area contributed by atoms with Crippen molar-refractivity contribution in [2.24, 2.45) is 5.73 Å². The van der Waals surface area contributed by atoms with Crippen molar-refractivity contribution in [1.82, 2.24) is 0 Å². The first-order valence-electron chi connectivity index (χ1n) is 6.47. The lowest BCUT2D eigenvalue weighted by atomic mass is 10.0. The molecule has 0 aliphatic heterocycles. The number of anilines is 1. The highest BCUT2D eigenvalue weighted by Gasteiger charge is 2.11. The lowest BCUT2D eigenvalue weighted by Gasteiger charge is -2.10. The Morgan fingerprint density at radius 2 is 2.00 bits per heavy atom. The molecule has 1 amide bonds. The minimum absolute atomic E-state index is 0.107. The molecule has 20 heavy (non-hydrogen) atoms. The Balaban J connectivity index is 2.21. The van der Waals surface area contributed by atoms with E-state index in [0.717, 1.165) is 21.3 Å². The van der Waals surface area contributed by atoms with E-state index in [1.165, 1.54) is 0 Å². The molecule has 3 nitrogen and oxygen atoms in total. The normalized spacial score (nSPS) is 10.3. The number of aryl methyl sites for hydroxylation is 1. The fourth-order valence-corrected chi connectivity index (χ4v) is 2.36. The molecule has 0 radical (unpaired) electrons. The van der Waals surface area contributed by atoms with Crippen LogP contribution in [0.3, 0.4) is 0 Å². The molecule has 0 saturated carbocycles. The topological polar surface area (TPSA) is 55.1 Å². The maximum absolute atomic E-state index is 12.3. The van der Waals surface area contributed by atoms with Crippen molar-refractivity contribution in [2.45, 2.75) is 13.3 Å². The molecule has 0 bridgehead atoms. The predicted octanol–water partition coefficient (Wildman–Crippen LogP) is 3.51. The van der Waals surface area contributed by atoms with Crippen LogP contribution in [0.4, 0.5) is 5.69 Å². The Morgan fingerprint density at radius 1 is 1.25 bits per heavy atom. The third-order valence-electron chi connectivity index (χ3n) is 3.11. The van der Waals surface area contributed by atoms with Gasteiger partial charge in [0.05, 0.1) is 0 Å². The van der Waals surface area contributed by atoms with Gasteiger partial charge in [-0.15, -0.1) is 0 Å². The molecular weight excluding hydrogens is 316 g/mol. The van der Waals surface area contributed by atoms with Crippen LogP contribution in [0, 0.1) is 6.92 Å². The van der Waals surface area contributed by atoms with Gasteiger partial charge in [-0.25, -0.2) is 0 Å². The van der Waals surface area contributed by atoms with Crippen LogP contribution in [0.15, 0.2) is 46.9 Å². The van der Waals surface area contributed by atoms with Gasteiger partial charge < -0.3 is 11.1 Å². The van der Waals surface area contributed by atoms with Crippen molar-refractivity contribution < 1.29 is 4.79 Å². The standard InChI is InChI=1S/C16H17BrN2O/c1-11-6-7-13(10-15(11)17)19-16(20)14-5-3-2-4-12(14)8-9-18/h2-7,10H,8-9,18H2,1H3,(H,19,20). The summed E-state index contributed by atoms with van der Waals surface area (Å²) < 4.78 is 0.977. The van der Waals surface area contributed by atoms with Crippen LogP contribution in [-0.4, -0.2) is 12.5 Å². The molecule has 0 aromatic heterocycles. The summed E-state index contributed by atoms with van der Waals surface area (Å²) in [5.41, 5.74) is 9.13. The second-order valence-corrected chi connectivity index (χ2v) is 5.47. The number of halogens is 1. The van der Waals surface area contributed by atoms with Crippen LogP contribution < -0.4 is 11.1 Å². The summed E-state index contributed by atoms with van der Waals surface area (Å²) in [6.07, 6.45) is 0.696. The highest BCUT2D eigenvalue weighted by atomic mass is 79.9. The maximum Gasteiger partial charge on any atom is 0.255 e. The van der Waals surface area contributed by atoms with Crippen LogP contribution in [0.5, 0.6) is 0 Å². The summed E-state index contributed by atoms with van der Waals surface area (Å²) in [6, 6.07) is 13.3. The van der Waals surface area contributed by atoms with Gasteiger partial charge in [0.25, 0.3) is 5.91 Å². The molecule has 2 aromatic rings. The molecule has 0 spiro atoms. The minimum atomic E-state index is -0.107. The van der Waals surface area contributed by atoms with Crippen molar-refractivity contribution in [2.75, 3.05) is 11.9 Å². The lowest BCUT2D eigenvalue weighted by molar-refractivity contribution is 0.102. The Bertz CT molecular complexity index is 626. The van der Waals surface area contributed by atoms with Gasteiger partial charge in [0, 0.05) is 15.7 Å². The highest BCUT2D eigenvalue weighted by molar-refractivity contribution is 9.10. The molecule has 0 aliphatic carbocycles. The number of carbonyl (C=O) groups is 1. The number of hydrogen-bond acceptors (Lipinski definition) is 2. The van der Waals surface area contributed by atoms with Gasteiger partial charge >= 0.3 is 0 Å². The van der Waals surface area contributed by atoms with E-state index in [0.29, 0.717) is 18.5 Å².